The first-order valence-electron chi connectivity index (χ1n) is 8.59. The van der Waals surface area contributed by atoms with Crippen LogP contribution in [0.1, 0.15) is 18.2 Å². The van der Waals surface area contributed by atoms with Gasteiger partial charge in [-0.25, -0.2) is 4.98 Å². The molecule has 9 heteroatoms. The molecule has 29 heavy (non-hydrogen) atoms. The average molecular weight is 428 g/mol. The molecule has 0 saturated heterocycles. The lowest BCUT2D eigenvalue weighted by molar-refractivity contribution is 0.277. The second-order valence-electron chi connectivity index (χ2n) is 6.25. The van der Waals surface area contributed by atoms with Gasteiger partial charge in [0.15, 0.2) is 10.8 Å². The van der Waals surface area contributed by atoms with Crippen LogP contribution < -0.4 is 16.7 Å². The summed E-state index contributed by atoms with van der Waals surface area (Å²) < 4.78 is 0. The SMILES string of the molecule is C/C(=C\c1ccccc1)[C@H](O)/C(=N/NC(N)=S)c1nc2ccc(Cl)cc2[nH]c1=O. The minimum absolute atomic E-state index is 0.0134. The smallest absolute Gasteiger partial charge is 0.276 e. The summed E-state index contributed by atoms with van der Waals surface area (Å²) in [7, 11) is 0. The molecular formula is C20H18ClN5O2S. The maximum atomic E-state index is 12.7. The Kier molecular flexibility index (Phi) is 6.38. The van der Waals surface area contributed by atoms with Crippen molar-refractivity contribution in [2.24, 2.45) is 10.8 Å². The maximum Gasteiger partial charge on any atom is 0.276 e. The Labute approximate surface area is 176 Å². The van der Waals surface area contributed by atoms with Crippen LogP contribution in [0.2, 0.25) is 5.02 Å². The van der Waals surface area contributed by atoms with Crippen molar-refractivity contribution in [2.75, 3.05) is 0 Å². The van der Waals surface area contributed by atoms with E-state index in [1.165, 1.54) is 0 Å². The Hall–Kier alpha value is -3.07. The van der Waals surface area contributed by atoms with Gasteiger partial charge in [-0.05, 0) is 48.5 Å². The van der Waals surface area contributed by atoms with Crippen molar-refractivity contribution in [3.05, 3.63) is 80.7 Å². The molecule has 0 aliphatic rings. The molecule has 0 aliphatic carbocycles. The van der Waals surface area contributed by atoms with E-state index in [1.54, 1.807) is 31.2 Å². The van der Waals surface area contributed by atoms with E-state index in [-0.39, 0.29) is 16.5 Å². The minimum atomic E-state index is -1.23. The molecular weight excluding hydrogens is 410 g/mol. The first-order chi connectivity index (χ1) is 13.8. The molecule has 148 valence electrons. The van der Waals surface area contributed by atoms with E-state index in [9.17, 15) is 9.90 Å². The number of fused-ring (bicyclic) bond motifs is 1. The van der Waals surface area contributed by atoms with E-state index in [4.69, 9.17) is 29.6 Å². The molecule has 5 N–H and O–H groups in total. The van der Waals surface area contributed by atoms with Crippen LogP contribution in [0, 0.1) is 0 Å². The Bertz CT molecular complexity index is 1170. The molecule has 0 saturated carbocycles. The van der Waals surface area contributed by atoms with Gasteiger partial charge in [0.05, 0.1) is 11.0 Å². The van der Waals surface area contributed by atoms with Gasteiger partial charge < -0.3 is 15.8 Å². The van der Waals surface area contributed by atoms with E-state index in [0.29, 0.717) is 21.6 Å². The first-order valence-corrected chi connectivity index (χ1v) is 9.38. The Morgan fingerprint density at radius 2 is 2.07 bits per heavy atom. The number of aromatic amines is 1. The van der Waals surface area contributed by atoms with Gasteiger partial charge >= 0.3 is 0 Å². The minimum Gasteiger partial charge on any atom is -0.382 e. The average Bonchev–Trinajstić information content (AvgIpc) is 2.68. The third-order valence-electron chi connectivity index (χ3n) is 4.07. The molecule has 2 aromatic carbocycles. The summed E-state index contributed by atoms with van der Waals surface area (Å²) in [5.74, 6) is 0. The molecule has 0 amide bonds. The van der Waals surface area contributed by atoms with Gasteiger partial charge in [-0.2, -0.15) is 5.10 Å². The van der Waals surface area contributed by atoms with Crippen LogP contribution >= 0.6 is 23.8 Å². The number of nitrogens with two attached hydrogens (primary N) is 1. The Balaban J connectivity index is 2.09. The highest BCUT2D eigenvalue weighted by Gasteiger charge is 2.22. The fraction of sp³-hybridized carbons (Fsp3) is 0.100. The molecule has 1 aromatic heterocycles. The number of hydrogen-bond acceptors (Lipinski definition) is 5. The third-order valence-corrected chi connectivity index (χ3v) is 4.39. The van der Waals surface area contributed by atoms with E-state index in [0.717, 1.165) is 5.56 Å². The van der Waals surface area contributed by atoms with E-state index in [2.05, 4.69) is 20.5 Å². The van der Waals surface area contributed by atoms with Crippen LogP contribution in [0.15, 0.2) is 64.0 Å². The monoisotopic (exact) mass is 427 g/mol. The molecule has 0 radical (unpaired) electrons. The van der Waals surface area contributed by atoms with Crippen LogP contribution in [-0.4, -0.2) is 32.0 Å². The normalized spacial score (nSPS) is 13.3. The molecule has 0 fully saturated rings. The number of H-pyrrole nitrogens is 1. The van der Waals surface area contributed by atoms with Crippen molar-refractivity contribution in [3.63, 3.8) is 0 Å². The van der Waals surface area contributed by atoms with E-state index < -0.39 is 11.7 Å². The van der Waals surface area contributed by atoms with Gasteiger partial charge in [-0.1, -0.05) is 48.0 Å². The van der Waals surface area contributed by atoms with Crippen molar-refractivity contribution < 1.29 is 5.11 Å². The zero-order valence-electron chi connectivity index (χ0n) is 15.4. The largest absolute Gasteiger partial charge is 0.382 e. The van der Waals surface area contributed by atoms with Crippen molar-refractivity contribution in [2.45, 2.75) is 13.0 Å². The summed E-state index contributed by atoms with van der Waals surface area (Å²) in [5, 5.41) is 15.3. The molecule has 0 unspecified atom stereocenters. The molecule has 1 atom stereocenters. The predicted molar refractivity (Wildman–Crippen MR) is 120 cm³/mol. The van der Waals surface area contributed by atoms with Crippen molar-refractivity contribution in [1.82, 2.24) is 15.4 Å². The van der Waals surface area contributed by atoms with Gasteiger partial charge in [0, 0.05) is 5.02 Å². The highest BCUT2D eigenvalue weighted by atomic mass is 35.5. The lowest BCUT2D eigenvalue weighted by atomic mass is 10.0. The number of aliphatic hydroxyl groups is 1. The second-order valence-corrected chi connectivity index (χ2v) is 7.13. The molecule has 7 nitrogen and oxygen atoms in total. The summed E-state index contributed by atoms with van der Waals surface area (Å²) >= 11 is 10.8. The maximum absolute atomic E-state index is 12.7. The number of nitrogens with zero attached hydrogens (tertiary/aromatic N) is 2. The number of halogens is 1. The standard InChI is InChI=1S/C20H18ClN5O2S/c1-11(9-12-5-3-2-4-6-12)18(27)16(25-26-20(22)29)17-19(28)24-15-10-13(21)7-8-14(15)23-17/h2-10,18,27H,1H3,(H,24,28)(H3,22,26,29)/b11-9+,25-16+/t18-/m0/s1. The highest BCUT2D eigenvalue weighted by Crippen LogP contribution is 2.17. The Morgan fingerprint density at radius 3 is 2.76 bits per heavy atom. The van der Waals surface area contributed by atoms with Crippen LogP contribution in [-0.2, 0) is 0 Å². The van der Waals surface area contributed by atoms with Gasteiger partial charge in [0.1, 0.15) is 11.8 Å². The zero-order chi connectivity index (χ0) is 21.0. The van der Waals surface area contributed by atoms with E-state index >= 15 is 0 Å². The molecule has 0 spiro atoms. The number of rotatable bonds is 5. The lowest BCUT2D eigenvalue weighted by Gasteiger charge is -2.15. The fourth-order valence-corrected chi connectivity index (χ4v) is 2.92. The van der Waals surface area contributed by atoms with Crippen molar-refractivity contribution >= 4 is 51.8 Å². The number of thiocarbonyl (C=S) groups is 1. The number of aromatic nitrogens is 2. The van der Waals surface area contributed by atoms with Gasteiger partial charge in [-0.15, -0.1) is 0 Å². The fourth-order valence-electron chi connectivity index (χ4n) is 2.70. The van der Waals surface area contributed by atoms with Gasteiger partial charge in [0.2, 0.25) is 0 Å². The summed E-state index contributed by atoms with van der Waals surface area (Å²) in [6.45, 7) is 1.73. The van der Waals surface area contributed by atoms with Crippen LogP contribution in [0.25, 0.3) is 17.1 Å². The zero-order valence-corrected chi connectivity index (χ0v) is 17.0. The number of hydrogen-bond donors (Lipinski definition) is 4. The highest BCUT2D eigenvalue weighted by molar-refractivity contribution is 7.80. The van der Waals surface area contributed by atoms with Crippen LogP contribution in [0.3, 0.4) is 0 Å². The summed E-state index contributed by atoms with van der Waals surface area (Å²) in [6, 6.07) is 14.4. The molecule has 3 rings (SSSR count). The van der Waals surface area contributed by atoms with E-state index in [1.807, 2.05) is 30.3 Å². The second kappa shape index (κ2) is 8.95. The summed E-state index contributed by atoms with van der Waals surface area (Å²) in [5.41, 5.74) is 9.68. The third kappa shape index (κ3) is 5.05. The van der Waals surface area contributed by atoms with Gasteiger partial charge in [-0.3, -0.25) is 10.2 Å². The number of aliphatic hydroxyl groups excluding tert-OH is 1. The molecule has 1 heterocycles. The Morgan fingerprint density at radius 1 is 1.34 bits per heavy atom. The molecule has 0 aliphatic heterocycles. The first kappa shape index (κ1) is 20.7. The van der Waals surface area contributed by atoms with Crippen molar-refractivity contribution in [3.8, 4) is 0 Å². The summed E-state index contributed by atoms with van der Waals surface area (Å²) in [6.07, 6.45) is 0.561. The van der Waals surface area contributed by atoms with Gasteiger partial charge in [0.25, 0.3) is 5.56 Å². The molecule has 0 bridgehead atoms. The number of benzene rings is 2. The van der Waals surface area contributed by atoms with Crippen LogP contribution in [0.4, 0.5) is 0 Å². The number of hydrazone groups is 1. The topological polar surface area (TPSA) is 116 Å². The lowest BCUT2D eigenvalue weighted by Crippen LogP contribution is -2.34. The summed E-state index contributed by atoms with van der Waals surface area (Å²) in [4.78, 5) is 19.7. The molecule has 3 aromatic rings. The van der Waals surface area contributed by atoms with Crippen molar-refractivity contribution in [1.29, 1.82) is 0 Å². The van der Waals surface area contributed by atoms with Crippen LogP contribution in [0.5, 0.6) is 0 Å². The quantitative estimate of drug-likeness (QED) is 0.282. The predicted octanol–water partition coefficient (Wildman–Crippen LogP) is 2.58. The number of nitrogens with one attached hydrogen (secondary N) is 2.